The zero-order valence-corrected chi connectivity index (χ0v) is 12.0. The van der Waals surface area contributed by atoms with Gasteiger partial charge in [-0.1, -0.05) is 19.4 Å². The van der Waals surface area contributed by atoms with Crippen molar-refractivity contribution < 1.29 is 19.7 Å². The first-order valence-corrected chi connectivity index (χ1v) is 6.82. The Hall–Kier alpha value is -1.75. The SMILES string of the molecule is CCC(CCc1c(O)cccc1O)CC(N)C(=O)OC. The number of hydrogen-bond donors (Lipinski definition) is 3. The van der Waals surface area contributed by atoms with Crippen LogP contribution in [0.5, 0.6) is 11.5 Å². The quantitative estimate of drug-likeness (QED) is 0.664. The summed E-state index contributed by atoms with van der Waals surface area (Å²) in [6.07, 6.45) is 2.70. The molecule has 0 aliphatic heterocycles. The number of esters is 1. The summed E-state index contributed by atoms with van der Waals surface area (Å²) < 4.78 is 4.61. The van der Waals surface area contributed by atoms with Crippen molar-refractivity contribution in [2.24, 2.45) is 11.7 Å². The molecule has 20 heavy (non-hydrogen) atoms. The number of methoxy groups -OCH3 is 1. The summed E-state index contributed by atoms with van der Waals surface area (Å²) in [5.41, 5.74) is 6.30. The molecule has 0 aliphatic carbocycles. The lowest BCUT2D eigenvalue weighted by molar-refractivity contribution is -0.142. The lowest BCUT2D eigenvalue weighted by Crippen LogP contribution is -2.33. The second kappa shape index (κ2) is 7.75. The largest absolute Gasteiger partial charge is 0.508 e. The van der Waals surface area contributed by atoms with E-state index in [-0.39, 0.29) is 17.4 Å². The Morgan fingerprint density at radius 1 is 1.35 bits per heavy atom. The highest BCUT2D eigenvalue weighted by molar-refractivity contribution is 5.75. The van der Waals surface area contributed by atoms with Crippen LogP contribution in [0.4, 0.5) is 0 Å². The highest BCUT2D eigenvalue weighted by atomic mass is 16.5. The Labute approximate surface area is 119 Å². The van der Waals surface area contributed by atoms with Crippen molar-refractivity contribution in [3.05, 3.63) is 23.8 Å². The molecule has 0 fully saturated rings. The molecule has 5 nitrogen and oxygen atoms in total. The highest BCUT2D eigenvalue weighted by Gasteiger charge is 2.19. The molecular weight excluding hydrogens is 258 g/mol. The molecule has 4 N–H and O–H groups in total. The first-order chi connectivity index (χ1) is 9.49. The monoisotopic (exact) mass is 281 g/mol. The molecule has 112 valence electrons. The molecular formula is C15H23NO4. The minimum atomic E-state index is -0.622. The summed E-state index contributed by atoms with van der Waals surface area (Å²) in [6.45, 7) is 2.03. The topological polar surface area (TPSA) is 92.8 Å². The number of aromatic hydroxyl groups is 2. The van der Waals surface area contributed by atoms with Crippen molar-refractivity contribution in [3.63, 3.8) is 0 Å². The molecule has 0 saturated heterocycles. The minimum absolute atomic E-state index is 0.0946. The first kappa shape index (κ1) is 16.3. The third kappa shape index (κ3) is 4.42. The highest BCUT2D eigenvalue weighted by Crippen LogP contribution is 2.29. The van der Waals surface area contributed by atoms with E-state index in [0.29, 0.717) is 18.4 Å². The molecule has 0 aliphatic rings. The lowest BCUT2D eigenvalue weighted by Gasteiger charge is -2.18. The summed E-state index contributed by atoms with van der Waals surface area (Å²) in [5.74, 6) is 0.0196. The van der Waals surface area contributed by atoms with Gasteiger partial charge >= 0.3 is 5.97 Å². The number of carbonyl (C=O) groups is 1. The van der Waals surface area contributed by atoms with Gasteiger partial charge in [0.2, 0.25) is 0 Å². The lowest BCUT2D eigenvalue weighted by atomic mass is 9.91. The number of phenolic OH excluding ortho intramolecular Hbond substituents is 2. The zero-order chi connectivity index (χ0) is 15.1. The Balaban J connectivity index is 2.59. The fraction of sp³-hybridized carbons (Fsp3) is 0.533. The van der Waals surface area contributed by atoms with E-state index < -0.39 is 12.0 Å². The van der Waals surface area contributed by atoms with Crippen LogP contribution in [-0.4, -0.2) is 29.3 Å². The zero-order valence-electron chi connectivity index (χ0n) is 12.0. The molecule has 0 saturated carbocycles. The van der Waals surface area contributed by atoms with Crippen molar-refractivity contribution in [2.75, 3.05) is 7.11 Å². The Morgan fingerprint density at radius 2 is 1.95 bits per heavy atom. The van der Waals surface area contributed by atoms with Gasteiger partial charge in [0.05, 0.1) is 7.11 Å². The third-order valence-electron chi connectivity index (χ3n) is 3.60. The molecule has 0 amide bonds. The molecule has 0 aromatic heterocycles. The number of rotatable bonds is 7. The molecule has 1 aromatic rings. The van der Waals surface area contributed by atoms with E-state index >= 15 is 0 Å². The van der Waals surface area contributed by atoms with E-state index in [9.17, 15) is 15.0 Å². The fourth-order valence-electron chi connectivity index (χ4n) is 2.26. The standard InChI is InChI=1S/C15H23NO4/c1-3-10(9-12(16)15(19)20-2)7-8-11-13(17)5-4-6-14(11)18/h4-6,10,12,17-18H,3,7-9,16H2,1-2H3. The molecule has 5 heteroatoms. The van der Waals surface area contributed by atoms with Gasteiger partial charge in [-0.15, -0.1) is 0 Å². The Bertz CT molecular complexity index is 427. The predicted molar refractivity (Wildman–Crippen MR) is 76.5 cm³/mol. The molecule has 0 radical (unpaired) electrons. The van der Waals surface area contributed by atoms with Crippen LogP contribution in [0, 0.1) is 5.92 Å². The second-order valence-electron chi connectivity index (χ2n) is 4.95. The molecule has 0 heterocycles. The second-order valence-corrected chi connectivity index (χ2v) is 4.95. The average Bonchev–Trinajstić information content (AvgIpc) is 2.44. The van der Waals surface area contributed by atoms with Crippen LogP contribution in [0.25, 0.3) is 0 Å². The van der Waals surface area contributed by atoms with Crippen LogP contribution in [0.2, 0.25) is 0 Å². The maximum absolute atomic E-state index is 11.3. The number of carbonyl (C=O) groups excluding carboxylic acids is 1. The molecule has 1 rings (SSSR count). The number of benzene rings is 1. The van der Waals surface area contributed by atoms with Gasteiger partial charge in [-0.3, -0.25) is 4.79 Å². The van der Waals surface area contributed by atoms with E-state index in [1.807, 2.05) is 6.92 Å². The number of hydrogen-bond acceptors (Lipinski definition) is 5. The van der Waals surface area contributed by atoms with Crippen LogP contribution >= 0.6 is 0 Å². The van der Waals surface area contributed by atoms with Crippen LogP contribution in [0.3, 0.4) is 0 Å². The van der Waals surface area contributed by atoms with E-state index in [4.69, 9.17) is 5.73 Å². The van der Waals surface area contributed by atoms with E-state index in [0.717, 1.165) is 12.8 Å². The number of nitrogens with two attached hydrogens (primary N) is 1. The van der Waals surface area contributed by atoms with E-state index in [1.54, 1.807) is 18.2 Å². The van der Waals surface area contributed by atoms with Crippen molar-refractivity contribution in [1.29, 1.82) is 0 Å². The van der Waals surface area contributed by atoms with Crippen LogP contribution < -0.4 is 5.73 Å². The summed E-state index contributed by atoms with van der Waals surface area (Å²) >= 11 is 0. The van der Waals surface area contributed by atoms with E-state index in [1.165, 1.54) is 7.11 Å². The van der Waals surface area contributed by atoms with Gasteiger partial charge in [0.25, 0.3) is 0 Å². The van der Waals surface area contributed by atoms with Gasteiger partial charge in [0.1, 0.15) is 17.5 Å². The van der Waals surface area contributed by atoms with Crippen LogP contribution in [-0.2, 0) is 16.0 Å². The Kier molecular flexibility index (Phi) is 6.31. The Morgan fingerprint density at radius 3 is 2.45 bits per heavy atom. The van der Waals surface area contributed by atoms with Gasteiger partial charge in [-0.2, -0.15) is 0 Å². The predicted octanol–water partition coefficient (Wildman–Crippen LogP) is 1.95. The average molecular weight is 281 g/mol. The van der Waals surface area contributed by atoms with Crippen LogP contribution in [0.15, 0.2) is 18.2 Å². The normalized spacial score (nSPS) is 13.8. The van der Waals surface area contributed by atoms with Crippen molar-refractivity contribution >= 4 is 5.97 Å². The maximum atomic E-state index is 11.3. The third-order valence-corrected chi connectivity index (χ3v) is 3.60. The van der Waals surface area contributed by atoms with Gasteiger partial charge in [-0.25, -0.2) is 0 Å². The summed E-state index contributed by atoms with van der Waals surface area (Å²) in [4.78, 5) is 11.3. The van der Waals surface area contributed by atoms with Gasteiger partial charge < -0.3 is 20.7 Å². The molecule has 0 bridgehead atoms. The van der Waals surface area contributed by atoms with Crippen molar-refractivity contribution in [3.8, 4) is 11.5 Å². The molecule has 1 aromatic carbocycles. The van der Waals surface area contributed by atoms with Gasteiger partial charge in [0, 0.05) is 5.56 Å². The van der Waals surface area contributed by atoms with Gasteiger partial charge in [-0.05, 0) is 37.3 Å². The molecule has 0 spiro atoms. The molecule has 2 unspecified atom stereocenters. The minimum Gasteiger partial charge on any atom is -0.508 e. The van der Waals surface area contributed by atoms with Crippen molar-refractivity contribution in [2.45, 2.75) is 38.6 Å². The van der Waals surface area contributed by atoms with Gasteiger partial charge in [0.15, 0.2) is 0 Å². The summed E-state index contributed by atoms with van der Waals surface area (Å²) in [6, 6.07) is 4.08. The van der Waals surface area contributed by atoms with Crippen molar-refractivity contribution in [1.82, 2.24) is 0 Å². The maximum Gasteiger partial charge on any atom is 0.322 e. The first-order valence-electron chi connectivity index (χ1n) is 6.82. The number of ether oxygens (including phenoxy) is 1. The van der Waals surface area contributed by atoms with E-state index in [2.05, 4.69) is 4.74 Å². The summed E-state index contributed by atoms with van der Waals surface area (Å²) in [5, 5.41) is 19.5. The van der Waals surface area contributed by atoms with Crippen LogP contribution in [0.1, 0.15) is 31.7 Å². The smallest absolute Gasteiger partial charge is 0.322 e. The summed E-state index contributed by atoms with van der Waals surface area (Å²) in [7, 11) is 1.32. The molecule has 2 atom stereocenters. The fourth-order valence-corrected chi connectivity index (χ4v) is 2.26. The number of phenols is 2.